The van der Waals surface area contributed by atoms with Gasteiger partial charge in [-0.05, 0) is 36.4 Å². The van der Waals surface area contributed by atoms with E-state index in [1.165, 1.54) is 24.3 Å². The summed E-state index contributed by atoms with van der Waals surface area (Å²) in [5, 5.41) is 19.3. The second-order valence-electron chi connectivity index (χ2n) is 6.16. The van der Waals surface area contributed by atoms with Crippen LogP contribution in [-0.2, 0) is 13.1 Å². The minimum absolute atomic E-state index is 0.0918. The highest BCUT2D eigenvalue weighted by atomic mass is 16.3. The van der Waals surface area contributed by atoms with Crippen LogP contribution in [0.3, 0.4) is 0 Å². The van der Waals surface area contributed by atoms with E-state index < -0.39 is 11.8 Å². The Bertz CT molecular complexity index is 924. The van der Waals surface area contributed by atoms with Gasteiger partial charge in [0.2, 0.25) is 0 Å². The van der Waals surface area contributed by atoms with Gasteiger partial charge >= 0.3 is 0 Å². The fraction of sp³-hybridized carbons (Fsp3) is 0.100. The molecule has 9 heteroatoms. The molecule has 0 bridgehead atoms. The van der Waals surface area contributed by atoms with E-state index in [1.54, 1.807) is 24.3 Å². The van der Waals surface area contributed by atoms with E-state index in [0.29, 0.717) is 13.1 Å². The first kappa shape index (κ1) is 19.9. The van der Waals surface area contributed by atoms with Crippen LogP contribution in [0.1, 0.15) is 32.1 Å². The van der Waals surface area contributed by atoms with E-state index in [4.69, 9.17) is 0 Å². The lowest BCUT2D eigenvalue weighted by Crippen LogP contribution is -2.37. The minimum Gasteiger partial charge on any atom is -0.507 e. The summed E-state index contributed by atoms with van der Waals surface area (Å²) in [5.74, 6) is -1.07. The summed E-state index contributed by atoms with van der Waals surface area (Å²) in [6.45, 7) is 0.674. The van der Waals surface area contributed by atoms with Gasteiger partial charge in [0.25, 0.3) is 11.8 Å². The highest BCUT2D eigenvalue weighted by Crippen LogP contribution is 2.15. The third kappa shape index (κ3) is 5.34. The maximum Gasteiger partial charge on any atom is 0.269 e. The van der Waals surface area contributed by atoms with Crippen LogP contribution in [0.25, 0.3) is 0 Å². The Kier molecular flexibility index (Phi) is 6.46. The third-order valence-corrected chi connectivity index (χ3v) is 4.07. The summed E-state index contributed by atoms with van der Waals surface area (Å²) in [6.07, 6.45) is 0. The number of carbonyl (C=O) groups excluding carboxylic acids is 2. The molecule has 0 radical (unpaired) electrons. The summed E-state index contributed by atoms with van der Waals surface area (Å²) in [6, 6.07) is 16.2. The van der Waals surface area contributed by atoms with Gasteiger partial charge in [-0.1, -0.05) is 24.3 Å². The Morgan fingerprint density at radius 2 is 1.10 bits per heavy atom. The number of rotatable bonds is 8. The summed E-state index contributed by atoms with van der Waals surface area (Å²) < 4.78 is 0. The molecule has 9 nitrogen and oxygen atoms in total. The van der Waals surface area contributed by atoms with Gasteiger partial charge in [-0.3, -0.25) is 20.4 Å². The number of aromatic amines is 1. The normalized spacial score (nSPS) is 10.5. The average molecular weight is 395 g/mol. The number of amides is 2. The van der Waals surface area contributed by atoms with Crippen molar-refractivity contribution in [3.8, 4) is 11.5 Å². The first-order valence-corrected chi connectivity index (χ1v) is 8.84. The van der Waals surface area contributed by atoms with Gasteiger partial charge in [0.15, 0.2) is 0 Å². The molecule has 2 aromatic carbocycles. The molecule has 0 aliphatic carbocycles. The summed E-state index contributed by atoms with van der Waals surface area (Å²) in [4.78, 5) is 27.1. The zero-order valence-electron chi connectivity index (χ0n) is 15.4. The highest BCUT2D eigenvalue weighted by Gasteiger charge is 2.10. The standard InChI is InChI=1S/C20H21N5O4/c26-17-7-3-1-5-15(17)19(28)24-21-11-13-9-10-14(23-13)12-22-25-20(29)16-6-2-4-8-18(16)27/h1-10,21-23,26-27H,11-12H2,(H,24,28)(H,25,29). The molecule has 0 atom stereocenters. The van der Waals surface area contributed by atoms with Gasteiger partial charge in [-0.25, -0.2) is 10.9 Å². The van der Waals surface area contributed by atoms with Crippen molar-refractivity contribution in [3.63, 3.8) is 0 Å². The van der Waals surface area contributed by atoms with Crippen LogP contribution in [0.5, 0.6) is 11.5 Å². The summed E-state index contributed by atoms with van der Waals surface area (Å²) in [7, 11) is 0. The molecule has 0 spiro atoms. The van der Waals surface area contributed by atoms with E-state index in [0.717, 1.165) is 11.4 Å². The molecule has 7 N–H and O–H groups in total. The lowest BCUT2D eigenvalue weighted by molar-refractivity contribution is 0.0921. The Hall–Kier alpha value is -3.82. The molecule has 0 aliphatic rings. The number of hydrazine groups is 2. The van der Waals surface area contributed by atoms with Crippen molar-refractivity contribution in [1.29, 1.82) is 0 Å². The largest absolute Gasteiger partial charge is 0.507 e. The van der Waals surface area contributed by atoms with Crippen molar-refractivity contribution in [2.45, 2.75) is 13.1 Å². The smallest absolute Gasteiger partial charge is 0.269 e. The van der Waals surface area contributed by atoms with Gasteiger partial charge in [0.1, 0.15) is 11.5 Å². The van der Waals surface area contributed by atoms with Crippen molar-refractivity contribution < 1.29 is 19.8 Å². The third-order valence-electron chi connectivity index (χ3n) is 4.07. The number of phenolic OH excluding ortho intramolecular Hbond substituents is 2. The van der Waals surface area contributed by atoms with E-state index in [1.807, 2.05) is 12.1 Å². The lowest BCUT2D eigenvalue weighted by Gasteiger charge is -2.08. The van der Waals surface area contributed by atoms with Crippen LogP contribution in [-0.4, -0.2) is 27.0 Å². The Labute approximate surface area is 166 Å². The van der Waals surface area contributed by atoms with Crippen LogP contribution in [0.15, 0.2) is 60.7 Å². The number of phenols is 2. The maximum atomic E-state index is 12.0. The molecular formula is C20H21N5O4. The zero-order valence-corrected chi connectivity index (χ0v) is 15.4. The van der Waals surface area contributed by atoms with Crippen LogP contribution in [0.4, 0.5) is 0 Å². The number of hydrogen-bond acceptors (Lipinski definition) is 6. The molecule has 0 saturated heterocycles. The number of H-pyrrole nitrogens is 1. The SMILES string of the molecule is O=C(NNCc1ccc(CNNC(=O)c2ccccc2O)[nH]1)c1ccccc1O. The van der Waals surface area contributed by atoms with E-state index in [2.05, 4.69) is 26.7 Å². The molecule has 3 aromatic rings. The zero-order chi connectivity index (χ0) is 20.6. The van der Waals surface area contributed by atoms with Crippen molar-refractivity contribution in [2.75, 3.05) is 0 Å². The van der Waals surface area contributed by atoms with Crippen LogP contribution in [0.2, 0.25) is 0 Å². The molecule has 0 fully saturated rings. The number of aromatic nitrogens is 1. The molecule has 0 unspecified atom stereocenters. The number of nitrogens with one attached hydrogen (secondary N) is 5. The van der Waals surface area contributed by atoms with E-state index in [-0.39, 0.29) is 22.6 Å². The minimum atomic E-state index is -0.441. The first-order chi connectivity index (χ1) is 14.0. The number of para-hydroxylation sites is 2. The van der Waals surface area contributed by atoms with Gasteiger partial charge in [0.05, 0.1) is 24.2 Å². The van der Waals surface area contributed by atoms with Gasteiger partial charge in [-0.2, -0.15) is 0 Å². The molecule has 1 aromatic heterocycles. The summed E-state index contributed by atoms with van der Waals surface area (Å²) >= 11 is 0. The Balaban J connectivity index is 1.41. The molecule has 1 heterocycles. The summed E-state index contributed by atoms with van der Waals surface area (Å²) in [5.41, 5.74) is 12.6. The van der Waals surface area contributed by atoms with Crippen molar-refractivity contribution in [1.82, 2.24) is 26.7 Å². The maximum absolute atomic E-state index is 12.0. The quantitative estimate of drug-likeness (QED) is 0.287. The van der Waals surface area contributed by atoms with Gasteiger partial charge in [0, 0.05) is 11.4 Å². The number of benzene rings is 2. The van der Waals surface area contributed by atoms with E-state index in [9.17, 15) is 19.8 Å². The average Bonchev–Trinajstić information content (AvgIpc) is 3.16. The van der Waals surface area contributed by atoms with E-state index >= 15 is 0 Å². The number of hydrogen-bond donors (Lipinski definition) is 7. The molecule has 3 rings (SSSR count). The topological polar surface area (TPSA) is 139 Å². The molecule has 2 amide bonds. The number of aromatic hydroxyl groups is 2. The van der Waals surface area contributed by atoms with Crippen LogP contribution >= 0.6 is 0 Å². The Morgan fingerprint density at radius 1 is 0.690 bits per heavy atom. The van der Waals surface area contributed by atoms with Gasteiger partial charge in [-0.15, -0.1) is 0 Å². The first-order valence-electron chi connectivity index (χ1n) is 8.84. The lowest BCUT2D eigenvalue weighted by atomic mass is 10.2. The molecule has 0 saturated carbocycles. The predicted molar refractivity (Wildman–Crippen MR) is 106 cm³/mol. The molecule has 0 aliphatic heterocycles. The van der Waals surface area contributed by atoms with Crippen molar-refractivity contribution in [3.05, 3.63) is 83.2 Å². The monoisotopic (exact) mass is 395 g/mol. The highest BCUT2D eigenvalue weighted by molar-refractivity contribution is 5.96. The van der Waals surface area contributed by atoms with Gasteiger partial charge < -0.3 is 15.2 Å². The van der Waals surface area contributed by atoms with Crippen molar-refractivity contribution >= 4 is 11.8 Å². The molecule has 29 heavy (non-hydrogen) atoms. The van der Waals surface area contributed by atoms with Crippen LogP contribution < -0.4 is 21.7 Å². The fourth-order valence-corrected chi connectivity index (χ4v) is 2.60. The Morgan fingerprint density at radius 3 is 1.52 bits per heavy atom. The fourth-order valence-electron chi connectivity index (χ4n) is 2.60. The predicted octanol–water partition coefficient (Wildman–Crippen LogP) is 1.30. The molecule has 150 valence electrons. The van der Waals surface area contributed by atoms with Crippen LogP contribution in [0, 0.1) is 0 Å². The van der Waals surface area contributed by atoms with Crippen molar-refractivity contribution in [2.24, 2.45) is 0 Å². The second-order valence-corrected chi connectivity index (χ2v) is 6.16. The number of carbonyl (C=O) groups is 2. The molecular weight excluding hydrogens is 374 g/mol. The second kappa shape index (κ2) is 9.40.